The number of H-pyrrole nitrogens is 1. The number of ether oxygens (including phenoxy) is 1. The molecule has 9 heteroatoms. The number of aliphatic hydroxyl groups excluding tert-OH is 4. The molecule has 0 saturated carbocycles. The summed E-state index contributed by atoms with van der Waals surface area (Å²) in [5.41, 5.74) is 2.50. The molecular weight excluding hydrogens is 246 g/mol. The molecule has 0 bridgehead atoms. The Morgan fingerprint density at radius 3 is 2.67 bits per heavy atom. The SMILES string of the molecule is OC1OC(CON[n+]2cc[nH]c2)C(O)C(O)C1O. The van der Waals surface area contributed by atoms with Crippen molar-refractivity contribution in [1.29, 1.82) is 0 Å². The minimum Gasteiger partial charge on any atom is -0.387 e. The molecule has 0 radical (unpaired) electrons. The summed E-state index contributed by atoms with van der Waals surface area (Å²) in [6.45, 7) is -0.125. The predicted octanol–water partition coefficient (Wildman–Crippen LogP) is -3.42. The highest BCUT2D eigenvalue weighted by Crippen LogP contribution is 2.19. The van der Waals surface area contributed by atoms with Crippen molar-refractivity contribution in [3.05, 3.63) is 18.7 Å². The van der Waals surface area contributed by atoms with Crippen LogP contribution < -0.4 is 10.3 Å². The van der Waals surface area contributed by atoms with Gasteiger partial charge in [-0.25, -0.2) is 9.82 Å². The summed E-state index contributed by atoms with van der Waals surface area (Å²) in [4.78, 5) is 7.80. The summed E-state index contributed by atoms with van der Waals surface area (Å²) in [5, 5.41) is 37.6. The Morgan fingerprint density at radius 2 is 2.00 bits per heavy atom. The van der Waals surface area contributed by atoms with Gasteiger partial charge in [0.1, 0.15) is 37.2 Å². The van der Waals surface area contributed by atoms with Gasteiger partial charge in [0.05, 0.1) is 0 Å². The van der Waals surface area contributed by atoms with Crippen LogP contribution in [0.3, 0.4) is 0 Å². The highest BCUT2D eigenvalue weighted by atomic mass is 16.7. The maximum atomic E-state index is 9.62. The molecule has 0 amide bonds. The largest absolute Gasteiger partial charge is 0.387 e. The van der Waals surface area contributed by atoms with Crippen molar-refractivity contribution in [3.63, 3.8) is 0 Å². The van der Waals surface area contributed by atoms with Crippen molar-refractivity contribution < 1.29 is 34.7 Å². The lowest BCUT2D eigenvalue weighted by Gasteiger charge is -2.37. The van der Waals surface area contributed by atoms with E-state index in [0.717, 1.165) is 0 Å². The Kier molecular flexibility index (Phi) is 4.11. The molecule has 5 atom stereocenters. The average molecular weight is 262 g/mol. The summed E-state index contributed by atoms with van der Waals surface area (Å²) in [6, 6.07) is 0. The molecule has 1 aromatic rings. The third-order valence-electron chi connectivity index (χ3n) is 2.65. The number of aliphatic hydroxyl groups is 4. The molecule has 1 saturated heterocycles. The van der Waals surface area contributed by atoms with Crippen molar-refractivity contribution in [2.24, 2.45) is 0 Å². The minimum atomic E-state index is -1.56. The molecule has 6 N–H and O–H groups in total. The molecule has 0 spiro atoms. The van der Waals surface area contributed by atoms with Crippen molar-refractivity contribution in [2.75, 3.05) is 12.2 Å². The maximum absolute atomic E-state index is 9.62. The molecule has 1 aliphatic rings. The highest BCUT2D eigenvalue weighted by Gasteiger charge is 2.43. The predicted molar refractivity (Wildman–Crippen MR) is 55.2 cm³/mol. The minimum absolute atomic E-state index is 0.125. The fourth-order valence-electron chi connectivity index (χ4n) is 1.61. The number of aromatic amines is 1. The zero-order chi connectivity index (χ0) is 13.1. The van der Waals surface area contributed by atoms with Crippen LogP contribution in [0.15, 0.2) is 18.7 Å². The fraction of sp³-hybridized carbons (Fsp3) is 0.667. The molecule has 0 aliphatic carbocycles. The van der Waals surface area contributed by atoms with Crippen LogP contribution in [-0.2, 0) is 9.57 Å². The molecule has 2 heterocycles. The van der Waals surface area contributed by atoms with Crippen LogP contribution in [0.2, 0.25) is 0 Å². The Morgan fingerprint density at radius 1 is 1.22 bits per heavy atom. The first-order valence-corrected chi connectivity index (χ1v) is 5.39. The van der Waals surface area contributed by atoms with Gasteiger partial charge in [-0.15, -0.1) is 10.3 Å². The second-order valence-corrected chi connectivity index (χ2v) is 3.96. The molecule has 102 valence electrons. The molecule has 18 heavy (non-hydrogen) atoms. The fourth-order valence-corrected chi connectivity index (χ4v) is 1.61. The third-order valence-corrected chi connectivity index (χ3v) is 2.65. The number of imidazole rings is 1. The van der Waals surface area contributed by atoms with E-state index in [1.165, 1.54) is 4.68 Å². The summed E-state index contributed by atoms with van der Waals surface area (Å²) in [6.07, 6.45) is -2.00. The van der Waals surface area contributed by atoms with E-state index in [2.05, 4.69) is 10.6 Å². The van der Waals surface area contributed by atoms with Crippen molar-refractivity contribution >= 4 is 0 Å². The Hall–Kier alpha value is -1.23. The van der Waals surface area contributed by atoms with Crippen LogP contribution in [0.4, 0.5) is 0 Å². The van der Waals surface area contributed by atoms with Gasteiger partial charge in [0.25, 0.3) is 6.33 Å². The second kappa shape index (κ2) is 5.61. The number of hydrogen-bond donors (Lipinski definition) is 6. The van der Waals surface area contributed by atoms with Crippen LogP contribution >= 0.6 is 0 Å². The highest BCUT2D eigenvalue weighted by molar-refractivity contribution is 4.88. The normalized spacial score (nSPS) is 36.6. The van der Waals surface area contributed by atoms with Gasteiger partial charge in [-0.2, -0.15) is 0 Å². The summed E-state index contributed by atoms with van der Waals surface area (Å²) in [7, 11) is 0. The first-order chi connectivity index (χ1) is 8.59. The summed E-state index contributed by atoms with van der Waals surface area (Å²) < 4.78 is 6.38. The van der Waals surface area contributed by atoms with Gasteiger partial charge < -0.3 is 25.2 Å². The van der Waals surface area contributed by atoms with Crippen LogP contribution in [0.25, 0.3) is 0 Å². The van der Waals surface area contributed by atoms with Gasteiger partial charge in [-0.05, 0) is 0 Å². The van der Waals surface area contributed by atoms with E-state index in [9.17, 15) is 20.4 Å². The number of nitrogens with zero attached hydrogens (tertiary/aromatic N) is 1. The number of rotatable bonds is 4. The van der Waals surface area contributed by atoms with E-state index in [0.29, 0.717) is 0 Å². The number of aromatic nitrogens is 2. The second-order valence-electron chi connectivity index (χ2n) is 3.96. The molecule has 2 rings (SSSR count). The number of hydrogen-bond acceptors (Lipinski definition) is 7. The van der Waals surface area contributed by atoms with Crippen LogP contribution in [-0.4, -0.2) is 62.7 Å². The van der Waals surface area contributed by atoms with Gasteiger partial charge in [-0.3, -0.25) is 0 Å². The lowest BCUT2D eigenvalue weighted by molar-refractivity contribution is -0.680. The molecule has 0 aromatic carbocycles. The smallest absolute Gasteiger partial charge is 0.267 e. The lowest BCUT2D eigenvalue weighted by atomic mass is 9.99. The maximum Gasteiger partial charge on any atom is 0.267 e. The zero-order valence-corrected chi connectivity index (χ0v) is 9.38. The van der Waals surface area contributed by atoms with E-state index in [4.69, 9.17) is 9.57 Å². The molecule has 1 aliphatic heterocycles. The van der Waals surface area contributed by atoms with E-state index in [1.54, 1.807) is 18.7 Å². The third kappa shape index (κ3) is 2.77. The topological polar surface area (TPSA) is 131 Å². The average Bonchev–Trinajstić information content (AvgIpc) is 2.86. The van der Waals surface area contributed by atoms with Crippen molar-refractivity contribution in [2.45, 2.75) is 30.7 Å². The van der Waals surface area contributed by atoms with Gasteiger partial charge in [0, 0.05) is 0 Å². The number of nitrogens with one attached hydrogen (secondary N) is 2. The lowest BCUT2D eigenvalue weighted by Crippen LogP contribution is -2.59. The van der Waals surface area contributed by atoms with E-state index >= 15 is 0 Å². The zero-order valence-electron chi connectivity index (χ0n) is 9.38. The van der Waals surface area contributed by atoms with Crippen LogP contribution in [0.5, 0.6) is 0 Å². The van der Waals surface area contributed by atoms with E-state index in [1.807, 2.05) is 0 Å². The molecule has 1 aromatic heterocycles. The molecule has 9 nitrogen and oxygen atoms in total. The van der Waals surface area contributed by atoms with E-state index < -0.39 is 30.7 Å². The Balaban J connectivity index is 1.81. The monoisotopic (exact) mass is 262 g/mol. The molecule has 1 fully saturated rings. The summed E-state index contributed by atoms with van der Waals surface area (Å²) in [5.74, 6) is 0. The van der Waals surface area contributed by atoms with Crippen molar-refractivity contribution in [3.8, 4) is 0 Å². The molecular formula is C9H16N3O6+. The first kappa shape index (κ1) is 13.2. The van der Waals surface area contributed by atoms with E-state index in [-0.39, 0.29) is 6.61 Å². The Bertz CT molecular complexity index is 361. The Labute approximate surface area is 102 Å². The molecule has 5 unspecified atom stereocenters. The van der Waals surface area contributed by atoms with Gasteiger partial charge in [0.2, 0.25) is 0 Å². The van der Waals surface area contributed by atoms with Crippen LogP contribution in [0.1, 0.15) is 0 Å². The van der Waals surface area contributed by atoms with Crippen molar-refractivity contribution in [1.82, 2.24) is 4.98 Å². The summed E-state index contributed by atoms with van der Waals surface area (Å²) >= 11 is 0. The van der Waals surface area contributed by atoms with Crippen LogP contribution in [0, 0.1) is 0 Å². The van der Waals surface area contributed by atoms with Gasteiger partial charge in [-0.1, -0.05) is 0 Å². The first-order valence-electron chi connectivity index (χ1n) is 5.39. The standard InChI is InChI=1S/C9H15N3O6/c13-6-5(18-9(16)8(15)7(6)14)3-17-11-12-2-1-10-4-12/h1-2,4-9,11,13-16H,3H2/p+1. The van der Waals surface area contributed by atoms with Gasteiger partial charge >= 0.3 is 0 Å². The van der Waals surface area contributed by atoms with Gasteiger partial charge in [0.15, 0.2) is 12.5 Å². The quantitative estimate of drug-likeness (QED) is 0.246.